The summed E-state index contributed by atoms with van der Waals surface area (Å²) >= 11 is 13.0. The van der Waals surface area contributed by atoms with Crippen molar-refractivity contribution in [2.75, 3.05) is 13.1 Å². The summed E-state index contributed by atoms with van der Waals surface area (Å²) < 4.78 is 2.13. The zero-order valence-electron chi connectivity index (χ0n) is 14.0. The van der Waals surface area contributed by atoms with Gasteiger partial charge in [0.2, 0.25) is 0 Å². The molecule has 2 aromatic rings. The van der Waals surface area contributed by atoms with E-state index in [0.29, 0.717) is 37.9 Å². The Hall–Kier alpha value is -2.07. The lowest BCUT2D eigenvalue weighted by molar-refractivity contribution is -0.123. The molecule has 5 nitrogen and oxygen atoms in total. The number of hydrogen-bond donors (Lipinski definition) is 0. The first-order valence-electron chi connectivity index (χ1n) is 7.98. The third kappa shape index (κ3) is 3.56. The Balaban J connectivity index is 2.15. The lowest BCUT2D eigenvalue weighted by Crippen LogP contribution is -2.34. The maximum absolute atomic E-state index is 12.6. The molecule has 0 radical (unpaired) electrons. The SMILES string of the molecule is Cn1c(=O)/c(=C\c2ccc(Cl)c(Cl)c2)s/c1=C(/C#N)C(=O)N1CCCC1. The van der Waals surface area contributed by atoms with Gasteiger partial charge in [-0.15, -0.1) is 11.3 Å². The Bertz CT molecular complexity index is 1090. The van der Waals surface area contributed by atoms with Gasteiger partial charge < -0.3 is 9.47 Å². The highest BCUT2D eigenvalue weighted by atomic mass is 35.5. The smallest absolute Gasteiger partial charge is 0.268 e. The minimum atomic E-state index is -0.317. The molecule has 1 amide bonds. The average Bonchev–Trinajstić information content (AvgIpc) is 3.24. The van der Waals surface area contributed by atoms with Gasteiger partial charge in [-0.25, -0.2) is 0 Å². The number of nitrogens with zero attached hydrogens (tertiary/aromatic N) is 3. The highest BCUT2D eigenvalue weighted by molar-refractivity contribution is 7.07. The summed E-state index contributed by atoms with van der Waals surface area (Å²) in [7, 11) is 1.56. The standard InChI is InChI=1S/C18H15Cl2N3O2S/c1-22-17(25)15(9-11-4-5-13(19)14(20)8-11)26-18(22)12(10-21)16(24)23-6-2-3-7-23/h4-5,8-9H,2-3,6-7H2,1H3/b15-9+,18-12-. The third-order valence-corrected chi connectivity index (χ3v) is 6.12. The lowest BCUT2D eigenvalue weighted by atomic mass is 10.2. The summed E-state index contributed by atoms with van der Waals surface area (Å²) in [6, 6.07) is 7.04. The molecule has 0 bridgehead atoms. The van der Waals surface area contributed by atoms with Crippen molar-refractivity contribution in [1.29, 1.82) is 5.26 Å². The molecule has 0 N–H and O–H groups in total. The molecule has 8 heteroatoms. The second kappa shape index (κ2) is 7.67. The van der Waals surface area contributed by atoms with Crippen LogP contribution in [0.3, 0.4) is 0 Å². The van der Waals surface area contributed by atoms with Gasteiger partial charge in [0.1, 0.15) is 10.7 Å². The predicted molar refractivity (Wildman–Crippen MR) is 104 cm³/mol. The summed E-state index contributed by atoms with van der Waals surface area (Å²) in [6.45, 7) is 1.29. The van der Waals surface area contributed by atoms with Gasteiger partial charge in [0.25, 0.3) is 11.5 Å². The summed E-state index contributed by atoms with van der Waals surface area (Å²) in [5.74, 6) is -0.317. The van der Waals surface area contributed by atoms with E-state index >= 15 is 0 Å². The van der Waals surface area contributed by atoms with Crippen molar-refractivity contribution in [3.05, 3.63) is 53.4 Å². The number of hydrogen-bond acceptors (Lipinski definition) is 4. The molecule has 1 fully saturated rings. The van der Waals surface area contributed by atoms with E-state index in [0.717, 1.165) is 24.2 Å². The highest BCUT2D eigenvalue weighted by Gasteiger charge is 2.23. The van der Waals surface area contributed by atoms with Gasteiger partial charge in [0.15, 0.2) is 5.57 Å². The largest absolute Gasteiger partial charge is 0.338 e. The van der Waals surface area contributed by atoms with Crippen molar-refractivity contribution in [3.8, 4) is 6.07 Å². The third-order valence-electron chi connectivity index (χ3n) is 4.20. The number of thiazole rings is 1. The summed E-state index contributed by atoms with van der Waals surface area (Å²) in [5, 5.41) is 10.3. The maximum atomic E-state index is 12.6. The van der Waals surface area contributed by atoms with Crippen molar-refractivity contribution in [1.82, 2.24) is 9.47 Å². The first-order chi connectivity index (χ1) is 12.4. The van der Waals surface area contributed by atoms with Crippen molar-refractivity contribution in [3.63, 3.8) is 0 Å². The molecule has 0 spiro atoms. The number of carbonyl (C=O) groups excluding carboxylic acids is 1. The number of amides is 1. The Morgan fingerprint density at radius 1 is 1.27 bits per heavy atom. The van der Waals surface area contributed by atoms with Crippen LogP contribution in [0.15, 0.2) is 23.0 Å². The minimum absolute atomic E-state index is 0.00490. The van der Waals surface area contributed by atoms with E-state index in [1.165, 1.54) is 4.57 Å². The molecule has 0 saturated carbocycles. The van der Waals surface area contributed by atoms with E-state index in [1.807, 2.05) is 6.07 Å². The van der Waals surface area contributed by atoms with Crippen LogP contribution in [0.25, 0.3) is 11.6 Å². The van der Waals surface area contributed by atoms with E-state index in [9.17, 15) is 14.9 Å². The van der Waals surface area contributed by atoms with E-state index in [2.05, 4.69) is 0 Å². The number of likely N-dealkylation sites (tertiary alicyclic amines) is 1. The molecule has 1 aromatic heterocycles. The van der Waals surface area contributed by atoms with Crippen LogP contribution < -0.4 is 14.8 Å². The lowest BCUT2D eigenvalue weighted by Gasteiger charge is -2.13. The van der Waals surface area contributed by atoms with Crippen LogP contribution in [0.5, 0.6) is 0 Å². The fourth-order valence-electron chi connectivity index (χ4n) is 2.80. The van der Waals surface area contributed by atoms with E-state index < -0.39 is 0 Å². The van der Waals surface area contributed by atoms with Crippen LogP contribution in [-0.4, -0.2) is 28.5 Å². The first-order valence-corrected chi connectivity index (χ1v) is 9.56. The molecule has 0 unspecified atom stereocenters. The number of aromatic nitrogens is 1. The Kier molecular flexibility index (Phi) is 5.52. The second-order valence-corrected chi connectivity index (χ2v) is 7.78. The van der Waals surface area contributed by atoms with Crippen LogP contribution in [-0.2, 0) is 11.8 Å². The molecular formula is C18H15Cl2N3O2S. The molecule has 1 aliphatic heterocycles. The molecule has 26 heavy (non-hydrogen) atoms. The normalized spacial score (nSPS) is 15.9. The van der Waals surface area contributed by atoms with E-state index in [-0.39, 0.29) is 17.0 Å². The van der Waals surface area contributed by atoms with Crippen molar-refractivity contribution in [2.45, 2.75) is 12.8 Å². The quantitative estimate of drug-likeness (QED) is 0.762. The van der Waals surface area contributed by atoms with Crippen LogP contribution in [0.1, 0.15) is 18.4 Å². The van der Waals surface area contributed by atoms with Crippen LogP contribution in [0.4, 0.5) is 0 Å². The van der Waals surface area contributed by atoms with Gasteiger partial charge in [-0.2, -0.15) is 5.26 Å². The zero-order chi connectivity index (χ0) is 18.8. The Morgan fingerprint density at radius 3 is 2.58 bits per heavy atom. The summed E-state index contributed by atoms with van der Waals surface area (Å²) in [5.41, 5.74) is 0.456. The molecule has 0 atom stereocenters. The fraction of sp³-hybridized carbons (Fsp3) is 0.278. The zero-order valence-corrected chi connectivity index (χ0v) is 16.3. The summed E-state index contributed by atoms with van der Waals surface area (Å²) in [6.07, 6.45) is 3.54. The molecule has 3 rings (SSSR count). The van der Waals surface area contributed by atoms with Crippen molar-refractivity contribution < 1.29 is 4.79 Å². The molecule has 1 aliphatic rings. The molecule has 1 saturated heterocycles. The highest BCUT2D eigenvalue weighted by Crippen LogP contribution is 2.22. The van der Waals surface area contributed by atoms with Gasteiger partial charge >= 0.3 is 0 Å². The maximum Gasteiger partial charge on any atom is 0.268 e. The van der Waals surface area contributed by atoms with Gasteiger partial charge in [-0.1, -0.05) is 29.3 Å². The summed E-state index contributed by atoms with van der Waals surface area (Å²) in [4.78, 5) is 26.8. The molecular weight excluding hydrogens is 393 g/mol. The van der Waals surface area contributed by atoms with Crippen molar-refractivity contribution in [2.24, 2.45) is 7.05 Å². The Labute approximate surface area is 164 Å². The predicted octanol–water partition coefficient (Wildman–Crippen LogP) is 1.88. The molecule has 1 aromatic carbocycles. The monoisotopic (exact) mass is 407 g/mol. The van der Waals surface area contributed by atoms with E-state index in [4.69, 9.17) is 23.2 Å². The van der Waals surface area contributed by atoms with Crippen LogP contribution in [0, 0.1) is 11.3 Å². The topological polar surface area (TPSA) is 66.1 Å². The first kappa shape index (κ1) is 18.7. The van der Waals surface area contributed by atoms with Crippen LogP contribution in [0.2, 0.25) is 10.0 Å². The average molecular weight is 408 g/mol. The van der Waals surface area contributed by atoms with E-state index in [1.54, 1.807) is 36.2 Å². The number of nitriles is 1. The Morgan fingerprint density at radius 2 is 1.96 bits per heavy atom. The molecule has 134 valence electrons. The van der Waals surface area contributed by atoms with Gasteiger partial charge in [-0.05, 0) is 36.6 Å². The van der Waals surface area contributed by atoms with Crippen molar-refractivity contribution >= 4 is 52.1 Å². The molecule has 0 aliphatic carbocycles. The number of benzene rings is 1. The number of rotatable bonds is 2. The van der Waals surface area contributed by atoms with Gasteiger partial charge in [-0.3, -0.25) is 9.59 Å². The van der Waals surface area contributed by atoms with Crippen LogP contribution >= 0.6 is 34.5 Å². The number of halogens is 2. The fourth-order valence-corrected chi connectivity index (χ4v) is 4.19. The number of carbonyl (C=O) groups is 1. The minimum Gasteiger partial charge on any atom is -0.338 e. The van der Waals surface area contributed by atoms with Gasteiger partial charge in [0.05, 0.1) is 14.6 Å². The molecule has 2 heterocycles. The van der Waals surface area contributed by atoms with Gasteiger partial charge in [0, 0.05) is 20.1 Å². The second-order valence-electron chi connectivity index (χ2n) is 5.94.